The van der Waals surface area contributed by atoms with E-state index in [4.69, 9.17) is 0 Å². The Balaban J connectivity index is 2.32. The highest BCUT2D eigenvalue weighted by atomic mass is 32.1. The quantitative estimate of drug-likeness (QED) is 0.772. The molecule has 0 aromatic carbocycles. The first-order chi connectivity index (χ1) is 6.88. The van der Waals surface area contributed by atoms with Crippen LogP contribution in [0.3, 0.4) is 0 Å². The molecule has 84 valence electrons. The Morgan fingerprint density at radius 2 is 2.07 bits per heavy atom. The van der Waals surface area contributed by atoms with E-state index in [1.54, 1.807) is 0 Å². The molecule has 1 aliphatic carbocycles. The SMILES string of the molecule is Cc1c(CC(C)(C)C)sc2c1CCC2O. The molecule has 0 amide bonds. The maximum Gasteiger partial charge on any atom is 0.0888 e. The average molecular weight is 224 g/mol. The van der Waals surface area contributed by atoms with E-state index in [1.807, 2.05) is 11.3 Å². The standard InChI is InChI=1S/C13H20OS/c1-8-9-5-6-10(14)12(9)15-11(8)7-13(2,3)4/h10,14H,5-7H2,1-4H3. The maximum absolute atomic E-state index is 9.83. The van der Waals surface area contributed by atoms with Crippen molar-refractivity contribution in [2.45, 2.75) is 53.1 Å². The van der Waals surface area contributed by atoms with Gasteiger partial charge in [-0.1, -0.05) is 20.8 Å². The van der Waals surface area contributed by atoms with Crippen molar-refractivity contribution in [3.8, 4) is 0 Å². The Labute approximate surface area is 96.1 Å². The zero-order valence-corrected chi connectivity index (χ0v) is 10.9. The van der Waals surface area contributed by atoms with E-state index in [9.17, 15) is 5.11 Å². The minimum absolute atomic E-state index is 0.183. The number of aliphatic hydroxyl groups excluding tert-OH is 1. The normalized spacial score (nSPS) is 20.7. The van der Waals surface area contributed by atoms with Crippen molar-refractivity contribution in [2.75, 3.05) is 0 Å². The second-order valence-corrected chi connectivity index (χ2v) is 6.92. The summed E-state index contributed by atoms with van der Waals surface area (Å²) in [4.78, 5) is 2.72. The van der Waals surface area contributed by atoms with Gasteiger partial charge in [0, 0.05) is 9.75 Å². The molecule has 0 aliphatic heterocycles. The number of hydrogen-bond acceptors (Lipinski definition) is 2. The first-order valence-electron chi connectivity index (χ1n) is 5.67. The third kappa shape index (κ3) is 2.11. The predicted molar refractivity (Wildman–Crippen MR) is 65.5 cm³/mol. The molecule has 1 N–H and O–H groups in total. The van der Waals surface area contributed by atoms with Crippen LogP contribution in [-0.4, -0.2) is 5.11 Å². The number of hydrogen-bond donors (Lipinski definition) is 1. The Bertz CT molecular complexity index is 371. The van der Waals surface area contributed by atoms with Crippen molar-refractivity contribution in [2.24, 2.45) is 5.41 Å². The minimum Gasteiger partial charge on any atom is -0.388 e. The summed E-state index contributed by atoms with van der Waals surface area (Å²) >= 11 is 1.83. The predicted octanol–water partition coefficient (Wildman–Crippen LogP) is 3.62. The second kappa shape index (κ2) is 3.60. The molecule has 0 spiro atoms. The van der Waals surface area contributed by atoms with Crippen LogP contribution >= 0.6 is 11.3 Å². The monoisotopic (exact) mass is 224 g/mol. The van der Waals surface area contributed by atoms with Crippen molar-refractivity contribution in [3.63, 3.8) is 0 Å². The molecule has 0 fully saturated rings. The van der Waals surface area contributed by atoms with Gasteiger partial charge < -0.3 is 5.11 Å². The molecule has 2 rings (SSSR count). The molecular weight excluding hydrogens is 204 g/mol. The van der Waals surface area contributed by atoms with E-state index in [-0.39, 0.29) is 6.10 Å². The van der Waals surface area contributed by atoms with E-state index in [0.29, 0.717) is 5.41 Å². The summed E-state index contributed by atoms with van der Waals surface area (Å²) in [5, 5.41) is 9.83. The zero-order chi connectivity index (χ0) is 11.2. The first kappa shape index (κ1) is 11.2. The van der Waals surface area contributed by atoms with E-state index in [0.717, 1.165) is 19.3 Å². The van der Waals surface area contributed by atoms with Crippen LogP contribution in [0.5, 0.6) is 0 Å². The van der Waals surface area contributed by atoms with Crippen LogP contribution in [0.25, 0.3) is 0 Å². The van der Waals surface area contributed by atoms with Gasteiger partial charge in [-0.3, -0.25) is 0 Å². The summed E-state index contributed by atoms with van der Waals surface area (Å²) in [6.45, 7) is 9.03. The molecule has 1 heterocycles. The number of fused-ring (bicyclic) bond motifs is 1. The average Bonchev–Trinajstić information content (AvgIpc) is 2.56. The van der Waals surface area contributed by atoms with Crippen molar-refractivity contribution in [3.05, 3.63) is 20.9 Å². The van der Waals surface area contributed by atoms with Crippen LogP contribution in [-0.2, 0) is 12.8 Å². The van der Waals surface area contributed by atoms with Crippen LogP contribution in [0.2, 0.25) is 0 Å². The Morgan fingerprint density at radius 1 is 1.40 bits per heavy atom. The minimum atomic E-state index is -0.183. The van der Waals surface area contributed by atoms with Crippen molar-refractivity contribution in [1.29, 1.82) is 0 Å². The van der Waals surface area contributed by atoms with Crippen molar-refractivity contribution in [1.82, 2.24) is 0 Å². The molecule has 1 nitrogen and oxygen atoms in total. The number of rotatable bonds is 1. The van der Waals surface area contributed by atoms with Gasteiger partial charge >= 0.3 is 0 Å². The van der Waals surface area contributed by atoms with E-state index >= 15 is 0 Å². The Kier molecular flexibility index (Phi) is 2.68. The van der Waals surface area contributed by atoms with Gasteiger partial charge in [-0.25, -0.2) is 0 Å². The fourth-order valence-electron chi connectivity index (χ4n) is 2.27. The van der Waals surface area contributed by atoms with E-state index in [2.05, 4.69) is 27.7 Å². The lowest BCUT2D eigenvalue weighted by atomic mass is 9.90. The molecule has 1 aliphatic rings. The lowest BCUT2D eigenvalue weighted by molar-refractivity contribution is 0.183. The van der Waals surface area contributed by atoms with Gasteiger partial charge in [0.05, 0.1) is 6.10 Å². The lowest BCUT2D eigenvalue weighted by Gasteiger charge is -2.17. The molecule has 0 saturated carbocycles. The molecule has 0 bridgehead atoms. The van der Waals surface area contributed by atoms with E-state index in [1.165, 1.54) is 20.9 Å². The molecular formula is C13H20OS. The van der Waals surface area contributed by atoms with Gasteiger partial charge in [0.1, 0.15) is 0 Å². The summed E-state index contributed by atoms with van der Waals surface area (Å²) < 4.78 is 0. The molecule has 1 unspecified atom stereocenters. The van der Waals surface area contributed by atoms with Crippen LogP contribution in [0.15, 0.2) is 0 Å². The van der Waals surface area contributed by atoms with Gasteiger partial charge in [0.25, 0.3) is 0 Å². The van der Waals surface area contributed by atoms with Crippen molar-refractivity contribution < 1.29 is 5.11 Å². The van der Waals surface area contributed by atoms with Gasteiger partial charge in [0.2, 0.25) is 0 Å². The molecule has 0 saturated heterocycles. The molecule has 1 aromatic heterocycles. The maximum atomic E-state index is 9.83. The molecule has 0 radical (unpaired) electrons. The zero-order valence-electron chi connectivity index (χ0n) is 10.1. The third-order valence-electron chi connectivity index (χ3n) is 3.06. The van der Waals surface area contributed by atoms with Crippen LogP contribution in [0.4, 0.5) is 0 Å². The van der Waals surface area contributed by atoms with Crippen LogP contribution < -0.4 is 0 Å². The molecule has 15 heavy (non-hydrogen) atoms. The van der Waals surface area contributed by atoms with Crippen LogP contribution in [0, 0.1) is 12.3 Å². The van der Waals surface area contributed by atoms with Crippen LogP contribution in [0.1, 0.15) is 54.2 Å². The van der Waals surface area contributed by atoms with Gasteiger partial charge in [0.15, 0.2) is 0 Å². The summed E-state index contributed by atoms with van der Waals surface area (Å²) in [6, 6.07) is 0. The summed E-state index contributed by atoms with van der Waals surface area (Å²) in [7, 11) is 0. The highest BCUT2D eigenvalue weighted by Crippen LogP contribution is 2.42. The largest absolute Gasteiger partial charge is 0.388 e. The number of aliphatic hydroxyl groups is 1. The summed E-state index contributed by atoms with van der Waals surface area (Å²) in [6.07, 6.45) is 2.95. The Morgan fingerprint density at radius 3 is 2.60 bits per heavy atom. The fraction of sp³-hybridized carbons (Fsp3) is 0.692. The van der Waals surface area contributed by atoms with Gasteiger partial charge in [-0.15, -0.1) is 11.3 Å². The molecule has 1 aromatic rings. The van der Waals surface area contributed by atoms with E-state index < -0.39 is 0 Å². The lowest BCUT2D eigenvalue weighted by Crippen LogP contribution is -2.08. The topological polar surface area (TPSA) is 20.2 Å². The van der Waals surface area contributed by atoms with Crippen molar-refractivity contribution >= 4 is 11.3 Å². The fourth-order valence-corrected chi connectivity index (χ4v) is 3.95. The Hall–Kier alpha value is -0.340. The molecule has 1 atom stereocenters. The van der Waals surface area contributed by atoms with Gasteiger partial charge in [-0.05, 0) is 42.7 Å². The molecule has 2 heteroatoms. The third-order valence-corrected chi connectivity index (χ3v) is 4.50. The first-order valence-corrected chi connectivity index (χ1v) is 6.49. The number of thiophene rings is 1. The second-order valence-electron chi connectivity index (χ2n) is 5.78. The highest BCUT2D eigenvalue weighted by Gasteiger charge is 2.27. The highest BCUT2D eigenvalue weighted by molar-refractivity contribution is 7.12. The smallest absolute Gasteiger partial charge is 0.0888 e. The summed E-state index contributed by atoms with van der Waals surface area (Å²) in [5.74, 6) is 0. The van der Waals surface area contributed by atoms with Gasteiger partial charge in [-0.2, -0.15) is 0 Å². The summed E-state index contributed by atoms with van der Waals surface area (Å²) in [5.41, 5.74) is 3.22.